The minimum absolute atomic E-state index is 0.0578. The predicted molar refractivity (Wildman–Crippen MR) is 123 cm³/mol. The van der Waals surface area contributed by atoms with Crippen molar-refractivity contribution in [2.45, 2.75) is 18.9 Å². The van der Waals surface area contributed by atoms with E-state index in [4.69, 9.17) is 15.5 Å². The summed E-state index contributed by atoms with van der Waals surface area (Å²) >= 11 is 1.43. The maximum Gasteiger partial charge on any atom is 0.256 e. The maximum atomic E-state index is 13.6. The summed E-state index contributed by atoms with van der Waals surface area (Å²) in [5, 5.41) is 10.6. The summed E-state index contributed by atoms with van der Waals surface area (Å²) in [6.45, 7) is 1.75. The Morgan fingerprint density at radius 3 is 2.91 bits per heavy atom. The van der Waals surface area contributed by atoms with Gasteiger partial charge in [-0.2, -0.15) is 5.26 Å². The highest BCUT2D eigenvalue weighted by molar-refractivity contribution is 7.25. The molecule has 0 aliphatic carbocycles. The van der Waals surface area contributed by atoms with Crippen molar-refractivity contribution in [1.82, 2.24) is 14.9 Å². The molecular weight excluding hydrogens is 441 g/mol. The standard InChI is InChI=1S/C24H18FN5O2S/c1-30-7-6-16-12(10-30)8-14-19-21(33-24(14)28-16)20-18(23(31)29-19)17(15(9-26)22(27)32-20)11-2-4-13(25)5-3-11/h2-5,8,17H,6-7,10,27H2,1H3,(H,29,31)/t17-/m0/s1. The van der Waals surface area contributed by atoms with Crippen LogP contribution in [0, 0.1) is 17.1 Å². The van der Waals surface area contributed by atoms with Crippen LogP contribution in [0.4, 0.5) is 4.39 Å². The van der Waals surface area contributed by atoms with Crippen LogP contribution in [0.5, 0.6) is 5.75 Å². The monoisotopic (exact) mass is 459 g/mol. The molecule has 33 heavy (non-hydrogen) atoms. The fraction of sp³-hybridized carbons (Fsp3) is 0.208. The number of nitrogens with two attached hydrogens (primary N) is 1. The number of ether oxygens (including phenoxy) is 1. The Kier molecular flexibility index (Phi) is 4.30. The predicted octanol–water partition coefficient (Wildman–Crippen LogP) is 3.48. The topological polar surface area (TPSA) is 108 Å². The third-order valence-corrected chi connectivity index (χ3v) is 7.43. The van der Waals surface area contributed by atoms with Gasteiger partial charge in [0.15, 0.2) is 5.75 Å². The number of fused-ring (bicyclic) bond motifs is 6. The number of likely N-dealkylation sites (N-methyl/N-ethyl adjacent to an activating group) is 1. The molecule has 6 rings (SSSR count). The van der Waals surface area contributed by atoms with Gasteiger partial charge in [-0.1, -0.05) is 12.1 Å². The molecule has 2 aliphatic rings. The molecule has 1 aromatic carbocycles. The molecule has 3 aromatic heterocycles. The smallest absolute Gasteiger partial charge is 0.256 e. The van der Waals surface area contributed by atoms with Gasteiger partial charge >= 0.3 is 0 Å². The Morgan fingerprint density at radius 2 is 2.15 bits per heavy atom. The second kappa shape index (κ2) is 7.13. The first-order valence-corrected chi connectivity index (χ1v) is 11.3. The summed E-state index contributed by atoms with van der Waals surface area (Å²) in [4.78, 5) is 24.3. The molecular formula is C24H18FN5O2S. The number of H-pyrrole nitrogens is 1. The van der Waals surface area contributed by atoms with Crippen molar-refractivity contribution in [2.24, 2.45) is 5.73 Å². The van der Waals surface area contributed by atoms with Crippen LogP contribution >= 0.6 is 11.3 Å². The van der Waals surface area contributed by atoms with Gasteiger partial charge < -0.3 is 20.4 Å². The summed E-state index contributed by atoms with van der Waals surface area (Å²) in [6.07, 6.45) is 0.870. The van der Waals surface area contributed by atoms with Gasteiger partial charge in [-0.15, -0.1) is 11.3 Å². The van der Waals surface area contributed by atoms with Crippen molar-refractivity contribution in [3.8, 4) is 11.8 Å². The first kappa shape index (κ1) is 19.9. The summed E-state index contributed by atoms with van der Waals surface area (Å²) in [5.74, 6) is -0.890. The lowest BCUT2D eigenvalue weighted by atomic mass is 9.84. The number of halogens is 1. The molecule has 0 saturated heterocycles. The second-order valence-corrected chi connectivity index (χ2v) is 9.41. The van der Waals surface area contributed by atoms with Gasteiger partial charge in [-0.3, -0.25) is 4.79 Å². The summed E-state index contributed by atoms with van der Waals surface area (Å²) in [7, 11) is 2.07. The van der Waals surface area contributed by atoms with Crippen LogP contribution < -0.4 is 16.0 Å². The molecule has 2 aliphatic heterocycles. The van der Waals surface area contributed by atoms with E-state index in [0.717, 1.165) is 45.7 Å². The number of aromatic amines is 1. The number of nitriles is 1. The lowest BCUT2D eigenvalue weighted by molar-refractivity contribution is 0.310. The zero-order chi connectivity index (χ0) is 22.9. The molecule has 164 valence electrons. The Bertz CT molecular complexity index is 1600. The van der Waals surface area contributed by atoms with Gasteiger partial charge in [0.05, 0.1) is 21.7 Å². The van der Waals surface area contributed by atoms with Crippen molar-refractivity contribution >= 4 is 31.8 Å². The van der Waals surface area contributed by atoms with Gasteiger partial charge in [0, 0.05) is 30.6 Å². The molecule has 0 radical (unpaired) electrons. The molecule has 7 nitrogen and oxygen atoms in total. The Morgan fingerprint density at radius 1 is 1.36 bits per heavy atom. The third-order valence-electron chi connectivity index (χ3n) is 6.33. The van der Waals surface area contributed by atoms with Crippen LogP contribution in [0.2, 0.25) is 0 Å². The van der Waals surface area contributed by atoms with E-state index >= 15 is 0 Å². The van der Waals surface area contributed by atoms with E-state index in [1.807, 2.05) is 0 Å². The van der Waals surface area contributed by atoms with Crippen LogP contribution in [0.25, 0.3) is 20.4 Å². The zero-order valence-electron chi connectivity index (χ0n) is 17.6. The fourth-order valence-electron chi connectivity index (χ4n) is 4.73. The molecule has 9 heteroatoms. The number of thiophene rings is 1. The molecule has 4 aromatic rings. The van der Waals surface area contributed by atoms with E-state index < -0.39 is 11.7 Å². The van der Waals surface area contributed by atoms with E-state index in [9.17, 15) is 14.4 Å². The van der Waals surface area contributed by atoms with Crippen molar-refractivity contribution < 1.29 is 9.13 Å². The Labute approximate surface area is 191 Å². The normalized spacial score (nSPS) is 18.2. The second-order valence-electron chi connectivity index (χ2n) is 8.41. The summed E-state index contributed by atoms with van der Waals surface area (Å²) < 4.78 is 20.2. The van der Waals surface area contributed by atoms with E-state index in [-0.39, 0.29) is 22.6 Å². The van der Waals surface area contributed by atoms with Gasteiger partial charge in [0.2, 0.25) is 5.88 Å². The number of nitrogens with zero attached hydrogens (tertiary/aromatic N) is 3. The molecule has 1 atom stereocenters. The SMILES string of the molecule is CN1CCc2nc3sc4c5c(c(=O)[nH]c4c3cc2C1)[C@@H](c1ccc(F)cc1)C(C#N)=C(N)O5. The number of benzene rings is 1. The Hall–Kier alpha value is -3.74. The summed E-state index contributed by atoms with van der Waals surface area (Å²) in [6, 6.07) is 9.87. The number of nitrogens with one attached hydrogen (secondary N) is 1. The first-order valence-electron chi connectivity index (χ1n) is 10.5. The highest BCUT2D eigenvalue weighted by atomic mass is 32.1. The van der Waals surface area contributed by atoms with E-state index in [1.54, 1.807) is 12.1 Å². The highest BCUT2D eigenvalue weighted by Gasteiger charge is 2.35. The molecule has 0 spiro atoms. The van der Waals surface area contributed by atoms with Crippen LogP contribution in [-0.4, -0.2) is 28.5 Å². The zero-order valence-corrected chi connectivity index (χ0v) is 18.4. The molecule has 3 N–H and O–H groups in total. The molecule has 5 heterocycles. The molecule has 0 unspecified atom stereocenters. The summed E-state index contributed by atoms with van der Waals surface area (Å²) in [5.41, 5.74) is 9.63. The van der Waals surface area contributed by atoms with Gasteiger partial charge in [-0.05, 0) is 36.4 Å². The average Bonchev–Trinajstić information content (AvgIpc) is 3.15. The van der Waals surface area contributed by atoms with Crippen molar-refractivity contribution in [2.75, 3.05) is 13.6 Å². The maximum absolute atomic E-state index is 13.6. The lowest BCUT2D eigenvalue weighted by Crippen LogP contribution is -2.27. The molecule has 0 amide bonds. The lowest BCUT2D eigenvalue weighted by Gasteiger charge is -2.25. The van der Waals surface area contributed by atoms with Crippen molar-refractivity contribution in [3.05, 3.63) is 80.3 Å². The number of allylic oxidation sites excluding steroid dienone is 1. The molecule has 0 fully saturated rings. The van der Waals surface area contributed by atoms with E-state index in [0.29, 0.717) is 16.8 Å². The largest absolute Gasteiger partial charge is 0.438 e. The van der Waals surface area contributed by atoms with Crippen LogP contribution in [0.3, 0.4) is 0 Å². The quantitative estimate of drug-likeness (QED) is 0.451. The number of aromatic nitrogens is 2. The number of rotatable bonds is 1. The fourth-order valence-corrected chi connectivity index (χ4v) is 5.86. The van der Waals surface area contributed by atoms with Gasteiger partial charge in [0.1, 0.15) is 22.3 Å². The highest BCUT2D eigenvalue weighted by Crippen LogP contribution is 2.46. The van der Waals surface area contributed by atoms with Crippen LogP contribution in [0.1, 0.15) is 28.3 Å². The number of hydrogen-bond acceptors (Lipinski definition) is 7. The van der Waals surface area contributed by atoms with Crippen LogP contribution in [0.15, 0.2) is 46.6 Å². The minimum atomic E-state index is -0.757. The number of hydrogen-bond donors (Lipinski definition) is 2. The number of pyridine rings is 2. The van der Waals surface area contributed by atoms with Crippen LogP contribution in [-0.2, 0) is 13.0 Å². The average molecular weight is 460 g/mol. The van der Waals surface area contributed by atoms with Crippen molar-refractivity contribution in [1.29, 1.82) is 5.26 Å². The Balaban J connectivity index is 1.64. The third kappa shape index (κ3) is 2.95. The van der Waals surface area contributed by atoms with Gasteiger partial charge in [-0.25, -0.2) is 9.37 Å². The van der Waals surface area contributed by atoms with Crippen molar-refractivity contribution in [3.63, 3.8) is 0 Å². The van der Waals surface area contributed by atoms with E-state index in [1.165, 1.54) is 23.5 Å². The molecule has 0 saturated carbocycles. The van der Waals surface area contributed by atoms with E-state index in [2.05, 4.69) is 29.1 Å². The first-order chi connectivity index (χ1) is 15.9. The minimum Gasteiger partial charge on any atom is -0.438 e. The van der Waals surface area contributed by atoms with Gasteiger partial charge in [0.25, 0.3) is 5.56 Å². The molecule has 0 bridgehead atoms.